The van der Waals surface area contributed by atoms with E-state index < -0.39 is 0 Å². The summed E-state index contributed by atoms with van der Waals surface area (Å²) in [6.07, 6.45) is 4.73. The molecule has 2 atom stereocenters. The molecule has 108 valence electrons. The Hall–Kier alpha value is -0.160. The number of hydrogen-bond acceptors (Lipinski definition) is 4. The summed E-state index contributed by atoms with van der Waals surface area (Å²) in [7, 11) is 4.04. The van der Waals surface area contributed by atoms with Crippen molar-refractivity contribution in [1.82, 2.24) is 9.80 Å². The normalized spacial score (nSPS) is 25.0. The quantitative estimate of drug-likeness (QED) is 0.743. The lowest BCUT2D eigenvalue weighted by molar-refractivity contribution is 0.0542. The van der Waals surface area contributed by atoms with Gasteiger partial charge in [0, 0.05) is 32.3 Å². The second kappa shape index (κ2) is 8.86. The lowest BCUT2D eigenvalue weighted by Crippen LogP contribution is -2.48. The smallest absolute Gasteiger partial charge is 0.0618 e. The molecule has 0 aliphatic carbocycles. The Bertz CT molecular complexity index is 213. The standard InChI is InChI=1S/C14H31N3O/c1-4-13-11-16(2)9-6-10-17(13)14(12-18-3)7-5-8-15/h13-14H,4-12,15H2,1-3H3. The topological polar surface area (TPSA) is 41.7 Å². The molecule has 0 aromatic carbocycles. The fraction of sp³-hybridized carbons (Fsp3) is 1.00. The zero-order valence-corrected chi connectivity index (χ0v) is 12.4. The molecular formula is C14H31N3O. The number of nitrogens with two attached hydrogens (primary N) is 1. The summed E-state index contributed by atoms with van der Waals surface area (Å²) in [6, 6.07) is 1.20. The highest BCUT2D eigenvalue weighted by atomic mass is 16.5. The van der Waals surface area contributed by atoms with Crippen LogP contribution in [0.25, 0.3) is 0 Å². The van der Waals surface area contributed by atoms with Gasteiger partial charge in [-0.05, 0) is 45.8 Å². The largest absolute Gasteiger partial charge is 0.383 e. The molecule has 4 nitrogen and oxygen atoms in total. The monoisotopic (exact) mass is 257 g/mol. The van der Waals surface area contributed by atoms with E-state index in [9.17, 15) is 0 Å². The minimum Gasteiger partial charge on any atom is -0.383 e. The predicted octanol–water partition coefficient (Wildman–Crippen LogP) is 1.16. The van der Waals surface area contributed by atoms with Gasteiger partial charge >= 0.3 is 0 Å². The number of hydrogen-bond donors (Lipinski definition) is 1. The van der Waals surface area contributed by atoms with Gasteiger partial charge in [-0.3, -0.25) is 4.90 Å². The van der Waals surface area contributed by atoms with Crippen LogP contribution in [0.5, 0.6) is 0 Å². The number of likely N-dealkylation sites (N-methyl/N-ethyl adjacent to an activating group) is 1. The van der Waals surface area contributed by atoms with Crippen molar-refractivity contribution in [2.24, 2.45) is 5.73 Å². The zero-order chi connectivity index (χ0) is 13.4. The first-order valence-electron chi connectivity index (χ1n) is 7.36. The maximum Gasteiger partial charge on any atom is 0.0618 e. The van der Waals surface area contributed by atoms with Crippen molar-refractivity contribution in [3.63, 3.8) is 0 Å². The fourth-order valence-electron chi connectivity index (χ4n) is 3.00. The number of rotatable bonds is 7. The second-order valence-electron chi connectivity index (χ2n) is 5.46. The first-order chi connectivity index (χ1) is 8.72. The van der Waals surface area contributed by atoms with Gasteiger partial charge in [0.1, 0.15) is 0 Å². The van der Waals surface area contributed by atoms with E-state index in [0.717, 1.165) is 26.0 Å². The molecule has 1 rings (SSSR count). The van der Waals surface area contributed by atoms with Crippen LogP contribution < -0.4 is 5.73 Å². The zero-order valence-electron chi connectivity index (χ0n) is 12.4. The summed E-state index contributed by atoms with van der Waals surface area (Å²) in [5, 5.41) is 0. The Balaban J connectivity index is 2.65. The van der Waals surface area contributed by atoms with Gasteiger partial charge in [0.25, 0.3) is 0 Å². The molecule has 0 radical (unpaired) electrons. The minimum absolute atomic E-state index is 0.537. The average Bonchev–Trinajstić information content (AvgIpc) is 2.56. The van der Waals surface area contributed by atoms with Gasteiger partial charge in [-0.1, -0.05) is 6.92 Å². The van der Waals surface area contributed by atoms with Crippen LogP contribution in [0.15, 0.2) is 0 Å². The van der Waals surface area contributed by atoms with Crippen molar-refractivity contribution in [3.05, 3.63) is 0 Å². The van der Waals surface area contributed by atoms with Crippen molar-refractivity contribution >= 4 is 0 Å². The Labute approximate surface area is 112 Å². The summed E-state index contributed by atoms with van der Waals surface area (Å²) >= 11 is 0. The highest BCUT2D eigenvalue weighted by molar-refractivity contribution is 4.83. The molecule has 1 aliphatic heterocycles. The molecule has 0 saturated carbocycles. The molecule has 0 aromatic heterocycles. The Morgan fingerprint density at radius 1 is 1.39 bits per heavy atom. The Kier molecular flexibility index (Phi) is 7.82. The van der Waals surface area contributed by atoms with Crippen molar-refractivity contribution in [1.29, 1.82) is 0 Å². The van der Waals surface area contributed by atoms with Crippen LogP contribution >= 0.6 is 0 Å². The molecule has 0 amide bonds. The summed E-state index contributed by atoms with van der Waals surface area (Å²) in [4.78, 5) is 5.13. The third-order valence-corrected chi connectivity index (χ3v) is 3.99. The van der Waals surface area contributed by atoms with Gasteiger partial charge in [0.2, 0.25) is 0 Å². The van der Waals surface area contributed by atoms with Gasteiger partial charge in [-0.2, -0.15) is 0 Å². The molecule has 2 N–H and O–H groups in total. The van der Waals surface area contributed by atoms with E-state index >= 15 is 0 Å². The van der Waals surface area contributed by atoms with Gasteiger partial charge in [-0.25, -0.2) is 0 Å². The van der Waals surface area contributed by atoms with Crippen molar-refractivity contribution in [3.8, 4) is 0 Å². The Morgan fingerprint density at radius 2 is 2.17 bits per heavy atom. The molecule has 0 bridgehead atoms. The van der Waals surface area contributed by atoms with E-state index in [4.69, 9.17) is 10.5 Å². The van der Waals surface area contributed by atoms with Crippen LogP contribution in [-0.2, 0) is 4.74 Å². The van der Waals surface area contributed by atoms with E-state index in [1.165, 1.54) is 32.5 Å². The minimum atomic E-state index is 0.537. The van der Waals surface area contributed by atoms with E-state index in [1.54, 1.807) is 7.11 Å². The van der Waals surface area contributed by atoms with Gasteiger partial charge in [0.05, 0.1) is 6.61 Å². The maximum atomic E-state index is 5.66. The second-order valence-corrected chi connectivity index (χ2v) is 5.46. The Morgan fingerprint density at radius 3 is 2.78 bits per heavy atom. The third-order valence-electron chi connectivity index (χ3n) is 3.99. The van der Waals surface area contributed by atoms with E-state index in [-0.39, 0.29) is 0 Å². The molecule has 18 heavy (non-hydrogen) atoms. The summed E-state index contributed by atoms with van der Waals surface area (Å²) in [5.41, 5.74) is 5.66. The average molecular weight is 257 g/mol. The number of methoxy groups -OCH3 is 1. The SMILES string of the molecule is CCC1CN(C)CCCN1C(CCCN)COC. The van der Waals surface area contributed by atoms with E-state index in [1.807, 2.05) is 0 Å². The number of ether oxygens (including phenoxy) is 1. The molecule has 0 aromatic rings. The van der Waals surface area contributed by atoms with E-state index in [0.29, 0.717) is 12.1 Å². The van der Waals surface area contributed by atoms with Crippen LogP contribution in [0.3, 0.4) is 0 Å². The van der Waals surface area contributed by atoms with Gasteiger partial charge < -0.3 is 15.4 Å². The number of nitrogens with zero attached hydrogens (tertiary/aromatic N) is 2. The molecule has 4 heteroatoms. The lowest BCUT2D eigenvalue weighted by atomic mass is 10.1. The first-order valence-corrected chi connectivity index (χ1v) is 7.36. The lowest BCUT2D eigenvalue weighted by Gasteiger charge is -2.37. The van der Waals surface area contributed by atoms with Crippen LogP contribution in [0.2, 0.25) is 0 Å². The van der Waals surface area contributed by atoms with Crippen molar-refractivity contribution < 1.29 is 4.74 Å². The van der Waals surface area contributed by atoms with Crippen molar-refractivity contribution in [2.75, 3.05) is 46.9 Å². The molecule has 2 unspecified atom stereocenters. The van der Waals surface area contributed by atoms with Crippen LogP contribution in [0, 0.1) is 0 Å². The molecule has 0 spiro atoms. The summed E-state index contributed by atoms with van der Waals surface area (Å²) < 4.78 is 5.42. The molecule has 1 saturated heterocycles. The summed E-state index contributed by atoms with van der Waals surface area (Å²) in [5.74, 6) is 0. The fourth-order valence-corrected chi connectivity index (χ4v) is 3.00. The predicted molar refractivity (Wildman–Crippen MR) is 76.9 cm³/mol. The van der Waals surface area contributed by atoms with Crippen LogP contribution in [-0.4, -0.2) is 68.8 Å². The molecule has 1 fully saturated rings. The molecule has 1 aliphatic rings. The van der Waals surface area contributed by atoms with E-state index in [2.05, 4.69) is 23.8 Å². The molecule has 1 heterocycles. The highest BCUT2D eigenvalue weighted by Gasteiger charge is 2.27. The van der Waals surface area contributed by atoms with Crippen molar-refractivity contribution in [2.45, 2.75) is 44.7 Å². The maximum absolute atomic E-state index is 5.66. The summed E-state index contributed by atoms with van der Waals surface area (Å²) in [6.45, 7) is 7.50. The van der Waals surface area contributed by atoms with Gasteiger partial charge in [-0.15, -0.1) is 0 Å². The van der Waals surface area contributed by atoms with Crippen LogP contribution in [0.4, 0.5) is 0 Å². The molecular weight excluding hydrogens is 226 g/mol. The third kappa shape index (κ3) is 4.84. The van der Waals surface area contributed by atoms with Gasteiger partial charge in [0.15, 0.2) is 0 Å². The van der Waals surface area contributed by atoms with Crippen LogP contribution in [0.1, 0.15) is 32.6 Å². The highest BCUT2D eigenvalue weighted by Crippen LogP contribution is 2.18. The first kappa shape index (κ1) is 15.9.